The zero-order valence-corrected chi connectivity index (χ0v) is 13.7. The maximum absolute atomic E-state index is 5.72. The highest BCUT2D eigenvalue weighted by Gasteiger charge is 2.13. The summed E-state index contributed by atoms with van der Waals surface area (Å²) >= 11 is 0. The van der Waals surface area contributed by atoms with Gasteiger partial charge in [-0.3, -0.25) is 0 Å². The highest BCUT2D eigenvalue weighted by Crippen LogP contribution is 2.19. The second kappa shape index (κ2) is 7.81. The number of hydrogen-bond donors (Lipinski definition) is 1. The maximum Gasteiger partial charge on any atom is 0.134 e. The number of ether oxygens (including phenoxy) is 1. The summed E-state index contributed by atoms with van der Waals surface area (Å²) in [7, 11) is 0. The fraction of sp³-hybridized carbons (Fsp3) is 0.444. The van der Waals surface area contributed by atoms with Crippen LogP contribution in [0.4, 0.5) is 11.6 Å². The summed E-state index contributed by atoms with van der Waals surface area (Å²) in [6.07, 6.45) is 5.07. The second-order valence-corrected chi connectivity index (χ2v) is 5.90. The lowest BCUT2D eigenvalue weighted by Crippen LogP contribution is -2.19. The van der Waals surface area contributed by atoms with Gasteiger partial charge < -0.3 is 15.0 Å². The third-order valence-corrected chi connectivity index (χ3v) is 4.00. The van der Waals surface area contributed by atoms with Crippen LogP contribution in [0.3, 0.4) is 0 Å². The minimum absolute atomic E-state index is 0.695. The fourth-order valence-corrected chi connectivity index (χ4v) is 2.68. The van der Waals surface area contributed by atoms with Crippen LogP contribution in [0.15, 0.2) is 36.7 Å². The summed E-state index contributed by atoms with van der Waals surface area (Å²) in [5.74, 6) is 2.84. The van der Waals surface area contributed by atoms with Crippen molar-refractivity contribution in [3.8, 4) is 5.75 Å². The van der Waals surface area contributed by atoms with Crippen molar-refractivity contribution in [3.63, 3.8) is 0 Å². The van der Waals surface area contributed by atoms with E-state index < -0.39 is 0 Å². The van der Waals surface area contributed by atoms with E-state index in [1.807, 2.05) is 18.2 Å². The summed E-state index contributed by atoms with van der Waals surface area (Å²) in [4.78, 5) is 11.0. The van der Waals surface area contributed by atoms with Gasteiger partial charge in [0.1, 0.15) is 23.7 Å². The van der Waals surface area contributed by atoms with Gasteiger partial charge in [0.25, 0.3) is 0 Å². The van der Waals surface area contributed by atoms with E-state index in [1.54, 1.807) is 6.33 Å². The zero-order chi connectivity index (χ0) is 15.9. The average molecular weight is 312 g/mol. The standard InChI is InChI=1S/C18H24N4O/c1-15-5-7-16(8-6-15)23-12-4-9-19-17-13-18(21-14-20-17)22-10-2-3-11-22/h5-8,13-14H,2-4,9-12H2,1H3,(H,19,20,21). The Morgan fingerprint density at radius 3 is 2.70 bits per heavy atom. The van der Waals surface area contributed by atoms with Gasteiger partial charge in [-0.2, -0.15) is 0 Å². The Morgan fingerprint density at radius 1 is 1.13 bits per heavy atom. The van der Waals surface area contributed by atoms with Crippen molar-refractivity contribution >= 4 is 11.6 Å². The Labute approximate surface area is 137 Å². The van der Waals surface area contributed by atoms with E-state index >= 15 is 0 Å². The SMILES string of the molecule is Cc1ccc(OCCCNc2cc(N3CCCC3)ncn2)cc1. The minimum atomic E-state index is 0.695. The van der Waals surface area contributed by atoms with Crippen molar-refractivity contribution in [3.05, 3.63) is 42.2 Å². The molecule has 1 saturated heterocycles. The van der Waals surface area contributed by atoms with Gasteiger partial charge in [0.15, 0.2) is 0 Å². The lowest BCUT2D eigenvalue weighted by Gasteiger charge is -2.16. The Kier molecular flexibility index (Phi) is 5.29. The van der Waals surface area contributed by atoms with Gasteiger partial charge in [0.05, 0.1) is 6.61 Å². The van der Waals surface area contributed by atoms with Crippen LogP contribution in [-0.2, 0) is 0 Å². The highest BCUT2D eigenvalue weighted by atomic mass is 16.5. The number of rotatable bonds is 7. The van der Waals surface area contributed by atoms with Crippen LogP contribution in [0.5, 0.6) is 5.75 Å². The van der Waals surface area contributed by atoms with E-state index in [0.29, 0.717) is 6.61 Å². The van der Waals surface area contributed by atoms with Crippen LogP contribution in [0, 0.1) is 6.92 Å². The molecular weight excluding hydrogens is 288 g/mol. The maximum atomic E-state index is 5.72. The number of anilines is 2. The highest BCUT2D eigenvalue weighted by molar-refractivity contribution is 5.48. The van der Waals surface area contributed by atoms with Gasteiger partial charge in [0.2, 0.25) is 0 Å². The van der Waals surface area contributed by atoms with Crippen LogP contribution < -0.4 is 15.0 Å². The van der Waals surface area contributed by atoms with Crippen LogP contribution in [0.1, 0.15) is 24.8 Å². The first-order valence-corrected chi connectivity index (χ1v) is 8.31. The lowest BCUT2D eigenvalue weighted by atomic mass is 10.2. The molecule has 0 amide bonds. The summed E-state index contributed by atoms with van der Waals surface area (Å²) in [6, 6.07) is 10.2. The monoisotopic (exact) mass is 312 g/mol. The van der Waals surface area contributed by atoms with Crippen LogP contribution in [-0.4, -0.2) is 36.2 Å². The number of aromatic nitrogens is 2. The van der Waals surface area contributed by atoms with Gasteiger partial charge in [0, 0.05) is 25.7 Å². The van der Waals surface area contributed by atoms with Gasteiger partial charge >= 0.3 is 0 Å². The molecular formula is C18H24N4O. The molecule has 1 N–H and O–H groups in total. The molecule has 1 aliphatic heterocycles. The molecule has 23 heavy (non-hydrogen) atoms. The molecule has 0 spiro atoms. The largest absolute Gasteiger partial charge is 0.494 e. The van der Waals surface area contributed by atoms with Gasteiger partial charge in [-0.25, -0.2) is 9.97 Å². The molecule has 1 fully saturated rings. The van der Waals surface area contributed by atoms with Crippen molar-refractivity contribution in [1.29, 1.82) is 0 Å². The molecule has 0 atom stereocenters. The molecule has 2 heterocycles. The molecule has 1 aromatic carbocycles. The Morgan fingerprint density at radius 2 is 1.91 bits per heavy atom. The topological polar surface area (TPSA) is 50.3 Å². The van der Waals surface area contributed by atoms with Crippen molar-refractivity contribution < 1.29 is 4.74 Å². The zero-order valence-electron chi connectivity index (χ0n) is 13.7. The predicted molar refractivity (Wildman–Crippen MR) is 93.3 cm³/mol. The van der Waals surface area contributed by atoms with Crippen LogP contribution >= 0.6 is 0 Å². The molecule has 0 aliphatic carbocycles. The van der Waals surface area contributed by atoms with Crippen molar-refractivity contribution in [2.75, 3.05) is 36.5 Å². The fourth-order valence-electron chi connectivity index (χ4n) is 2.68. The molecule has 1 aromatic heterocycles. The Hall–Kier alpha value is -2.30. The minimum Gasteiger partial charge on any atom is -0.494 e. The van der Waals surface area contributed by atoms with Gasteiger partial charge in [-0.15, -0.1) is 0 Å². The number of nitrogens with one attached hydrogen (secondary N) is 1. The first-order chi connectivity index (χ1) is 11.3. The van der Waals surface area contributed by atoms with E-state index in [0.717, 1.165) is 43.4 Å². The first-order valence-electron chi connectivity index (χ1n) is 8.31. The molecule has 5 nitrogen and oxygen atoms in total. The van der Waals surface area contributed by atoms with E-state index in [1.165, 1.54) is 18.4 Å². The molecule has 0 saturated carbocycles. The third kappa shape index (κ3) is 4.58. The number of hydrogen-bond acceptors (Lipinski definition) is 5. The Bertz CT molecular complexity index is 609. The quantitative estimate of drug-likeness (QED) is 0.795. The third-order valence-electron chi connectivity index (χ3n) is 4.00. The van der Waals surface area contributed by atoms with E-state index in [-0.39, 0.29) is 0 Å². The van der Waals surface area contributed by atoms with Crippen molar-refractivity contribution in [2.45, 2.75) is 26.2 Å². The Balaban J connectivity index is 1.40. The lowest BCUT2D eigenvalue weighted by molar-refractivity contribution is 0.315. The summed E-state index contributed by atoms with van der Waals surface area (Å²) in [6.45, 7) is 5.80. The van der Waals surface area contributed by atoms with Crippen molar-refractivity contribution in [2.24, 2.45) is 0 Å². The van der Waals surface area contributed by atoms with E-state index in [4.69, 9.17) is 4.74 Å². The number of benzene rings is 1. The normalized spacial score (nSPS) is 14.0. The van der Waals surface area contributed by atoms with E-state index in [2.05, 4.69) is 39.2 Å². The van der Waals surface area contributed by atoms with Crippen LogP contribution in [0.2, 0.25) is 0 Å². The van der Waals surface area contributed by atoms with Crippen molar-refractivity contribution in [1.82, 2.24) is 9.97 Å². The van der Waals surface area contributed by atoms with Gasteiger partial charge in [-0.05, 0) is 38.3 Å². The van der Waals surface area contributed by atoms with Gasteiger partial charge in [-0.1, -0.05) is 17.7 Å². The predicted octanol–water partition coefficient (Wildman–Crippen LogP) is 3.27. The summed E-state index contributed by atoms with van der Waals surface area (Å²) < 4.78 is 5.72. The molecule has 1 aliphatic rings. The summed E-state index contributed by atoms with van der Waals surface area (Å²) in [5.41, 5.74) is 1.25. The van der Waals surface area contributed by atoms with E-state index in [9.17, 15) is 0 Å². The first kappa shape index (κ1) is 15.6. The molecule has 0 radical (unpaired) electrons. The average Bonchev–Trinajstić information content (AvgIpc) is 3.11. The number of aryl methyl sites for hydroxylation is 1. The second-order valence-electron chi connectivity index (χ2n) is 5.90. The molecule has 0 unspecified atom stereocenters. The molecule has 0 bridgehead atoms. The molecule has 2 aromatic rings. The van der Waals surface area contributed by atoms with Crippen LogP contribution in [0.25, 0.3) is 0 Å². The molecule has 3 rings (SSSR count). The molecule has 5 heteroatoms. The number of nitrogens with zero attached hydrogens (tertiary/aromatic N) is 3. The summed E-state index contributed by atoms with van der Waals surface area (Å²) in [5, 5.41) is 3.35. The molecule has 122 valence electrons. The smallest absolute Gasteiger partial charge is 0.134 e.